The fourth-order valence-corrected chi connectivity index (χ4v) is 32.1. The van der Waals surface area contributed by atoms with Gasteiger partial charge in [0, 0.05) is 0 Å². The van der Waals surface area contributed by atoms with Crippen LogP contribution in [-0.4, -0.2) is 6.88 Å². The maximum absolute atomic E-state index is 3.92. The fraction of sp³-hybridized carbons (Fsp3) is 0.500. The van der Waals surface area contributed by atoms with E-state index in [2.05, 4.69) is 156 Å². The zero-order valence-electron chi connectivity index (χ0n) is 38.9. The van der Waals surface area contributed by atoms with Crippen molar-refractivity contribution in [3.63, 3.8) is 0 Å². The van der Waals surface area contributed by atoms with Crippen molar-refractivity contribution in [2.24, 2.45) is 11.8 Å². The summed E-state index contributed by atoms with van der Waals surface area (Å²) in [5.41, 5.74) is 21.6. The average Bonchev–Trinajstić information content (AvgIpc) is 3.73. The third kappa shape index (κ3) is 9.45. The molecule has 2 atom stereocenters. The van der Waals surface area contributed by atoms with Gasteiger partial charge in [0.2, 0.25) is 0 Å². The number of halogens is 2. The van der Waals surface area contributed by atoms with Gasteiger partial charge in [-0.1, -0.05) is 0 Å². The van der Waals surface area contributed by atoms with E-state index in [1.54, 1.807) is 33.4 Å². The smallest absolute Gasteiger partial charge is 0.147 e. The van der Waals surface area contributed by atoms with E-state index in [0.29, 0.717) is 7.25 Å². The number of aryl methyl sites for hydroxylation is 2. The van der Waals surface area contributed by atoms with Gasteiger partial charge in [-0.3, -0.25) is 0 Å². The number of allylic oxidation sites excluding steroid dienone is 2. The van der Waals surface area contributed by atoms with Crippen LogP contribution in [0, 0.1) is 25.7 Å². The van der Waals surface area contributed by atoms with Crippen LogP contribution < -0.4 is 0 Å². The molecular formula is C56H76Cl2SiZr. The minimum Gasteiger partial charge on any atom is -0.147 e. The maximum Gasteiger partial charge on any atom is -0.147 e. The number of benzene rings is 4. The van der Waals surface area contributed by atoms with Crippen molar-refractivity contribution in [1.29, 1.82) is 0 Å². The first kappa shape index (κ1) is 47.5. The molecule has 0 aromatic heterocycles. The molecular weight excluding hydrogens is 863 g/mol. The van der Waals surface area contributed by atoms with Gasteiger partial charge in [-0.05, 0) is 0 Å². The molecule has 2 fully saturated rings. The van der Waals surface area contributed by atoms with Gasteiger partial charge < -0.3 is 0 Å². The predicted molar refractivity (Wildman–Crippen MR) is 269 cm³/mol. The van der Waals surface area contributed by atoms with Crippen molar-refractivity contribution in [2.45, 2.75) is 160 Å². The molecule has 0 bridgehead atoms. The SMILES string of the molecule is Cc1cc(-c2ccc(C(C)(C)C)cc2)c2c(c1)[CH]([Zr]([CH3])([CH3])(=[SiH2])[CH]1C(CC3CCCCC3)=Cc3c(-c4ccc(C(C)(C)C)cc4)cc(C)cc31)C(CC1CCCCC1)=C2.Cl.Cl. The molecule has 0 nitrogen and oxygen atoms in total. The summed E-state index contributed by atoms with van der Waals surface area (Å²) in [5.74, 6) is 1.64. The first-order valence-corrected chi connectivity index (χ1v) is 37.0. The van der Waals surface area contributed by atoms with Crippen molar-refractivity contribution in [1.82, 2.24) is 0 Å². The Hall–Kier alpha value is -1.96. The number of rotatable bonds is 8. The summed E-state index contributed by atoms with van der Waals surface area (Å²) in [5, 5.41) is 0. The molecule has 0 saturated heterocycles. The molecule has 4 aliphatic carbocycles. The summed E-state index contributed by atoms with van der Waals surface area (Å²) in [7, 11) is 0. The molecule has 0 amide bonds. The monoisotopic (exact) mass is 936 g/mol. The first-order valence-electron chi connectivity index (χ1n) is 23.3. The third-order valence-corrected chi connectivity index (χ3v) is 32.8. The summed E-state index contributed by atoms with van der Waals surface area (Å²) in [6.45, 7) is 21.3. The average molecular weight is 939 g/mol. The van der Waals surface area contributed by atoms with Crippen molar-refractivity contribution in [3.05, 3.63) is 128 Å². The van der Waals surface area contributed by atoms with Crippen LogP contribution in [0.1, 0.15) is 170 Å². The Balaban J connectivity index is 0.00000302. The van der Waals surface area contributed by atoms with Crippen molar-refractivity contribution < 1.29 is 17.4 Å². The van der Waals surface area contributed by atoms with Gasteiger partial charge in [0.25, 0.3) is 0 Å². The van der Waals surface area contributed by atoms with E-state index in [1.807, 2.05) is 0 Å². The molecule has 0 spiro atoms. The summed E-state index contributed by atoms with van der Waals surface area (Å²) < 4.78 is 6.93. The van der Waals surface area contributed by atoms with Crippen LogP contribution >= 0.6 is 24.8 Å². The van der Waals surface area contributed by atoms with Gasteiger partial charge in [-0.25, -0.2) is 0 Å². The van der Waals surface area contributed by atoms with Gasteiger partial charge in [0.15, 0.2) is 0 Å². The molecule has 0 aliphatic heterocycles. The minimum atomic E-state index is -3.92. The molecule has 0 heterocycles. The zero-order chi connectivity index (χ0) is 41.2. The molecule has 4 aliphatic rings. The third-order valence-electron chi connectivity index (χ3n) is 15.3. The van der Waals surface area contributed by atoms with Crippen molar-refractivity contribution in [3.8, 4) is 22.3 Å². The second-order valence-corrected chi connectivity index (χ2v) is 53.4. The Morgan fingerprint density at radius 2 is 0.850 bits per heavy atom. The molecule has 60 heavy (non-hydrogen) atoms. The van der Waals surface area contributed by atoms with Crippen LogP contribution in [0.3, 0.4) is 0 Å². The molecule has 4 aromatic carbocycles. The largest absolute Gasteiger partial charge is 0.147 e. The standard InChI is InChI=1S/2C27H33.2CH3.2ClH.H2Si.Zr/c2*1-19-14-23-17-21(16-20-8-6-5-7-9-20)18-26(23)25(15-19)22-10-12-24(13-11-22)27(2,3)4;;;;;;/h2*10-15,17-18,20H,5-9,16H2,1-4H3;2*1H3;2*1H;1H2;. The number of hydrogen-bond acceptors (Lipinski definition) is 0. The fourth-order valence-electron chi connectivity index (χ4n) is 12.4. The molecule has 4 heteroatoms. The van der Waals surface area contributed by atoms with Crippen molar-refractivity contribution in [2.75, 3.05) is 0 Å². The molecule has 4 aromatic rings. The van der Waals surface area contributed by atoms with E-state index in [9.17, 15) is 0 Å². The summed E-state index contributed by atoms with van der Waals surface area (Å²) in [6, 6.07) is 29.6. The molecule has 8 rings (SSSR count). The molecule has 322 valence electrons. The number of fused-ring (bicyclic) bond motifs is 2. The molecule has 0 N–H and O–H groups in total. The van der Waals surface area contributed by atoms with Crippen LogP contribution in [0.15, 0.2) is 83.9 Å². The second-order valence-electron chi connectivity index (χ2n) is 22.9. The minimum absolute atomic E-state index is 0. The van der Waals surface area contributed by atoms with E-state index in [0.717, 1.165) is 11.8 Å². The van der Waals surface area contributed by atoms with Crippen LogP contribution in [0.5, 0.6) is 0 Å². The van der Waals surface area contributed by atoms with Gasteiger partial charge in [0.05, 0.1) is 0 Å². The van der Waals surface area contributed by atoms with E-state index >= 15 is 0 Å². The first-order chi connectivity index (χ1) is 27.4. The Labute approximate surface area is 380 Å². The summed E-state index contributed by atoms with van der Waals surface area (Å²) >= 11 is -3.92. The van der Waals surface area contributed by atoms with E-state index in [4.69, 9.17) is 0 Å². The van der Waals surface area contributed by atoms with E-state index in [-0.39, 0.29) is 35.6 Å². The topological polar surface area (TPSA) is 0 Å². The Morgan fingerprint density at radius 1 is 0.517 bits per heavy atom. The predicted octanol–water partition coefficient (Wildman–Crippen LogP) is 16.9. The van der Waals surface area contributed by atoms with E-state index < -0.39 is 17.4 Å². The molecule has 0 radical (unpaired) electrons. The normalized spacial score (nSPS) is 20.1. The second kappa shape index (κ2) is 17.9. The summed E-state index contributed by atoms with van der Waals surface area (Å²) in [4.78, 5) is 0. The van der Waals surface area contributed by atoms with Gasteiger partial charge >= 0.3 is 359 Å². The van der Waals surface area contributed by atoms with Crippen LogP contribution in [-0.2, 0) is 28.2 Å². The Bertz CT molecular complexity index is 2150. The van der Waals surface area contributed by atoms with Crippen LogP contribution in [0.4, 0.5) is 0 Å². The Morgan fingerprint density at radius 3 is 1.17 bits per heavy atom. The van der Waals surface area contributed by atoms with Crippen LogP contribution in [0.25, 0.3) is 34.4 Å². The Kier molecular flexibility index (Phi) is 14.2. The zero-order valence-corrected chi connectivity index (χ0v) is 44.4. The van der Waals surface area contributed by atoms with Crippen LogP contribution in [0.2, 0.25) is 9.26 Å². The van der Waals surface area contributed by atoms with E-state index in [1.165, 1.54) is 122 Å². The van der Waals surface area contributed by atoms with Crippen molar-refractivity contribution >= 4 is 43.8 Å². The quantitative estimate of drug-likeness (QED) is 0.154. The van der Waals surface area contributed by atoms with Gasteiger partial charge in [-0.15, -0.1) is 24.8 Å². The van der Waals surface area contributed by atoms with Gasteiger partial charge in [0.1, 0.15) is 0 Å². The number of hydrogen-bond donors (Lipinski definition) is 0. The van der Waals surface area contributed by atoms with Gasteiger partial charge in [-0.2, -0.15) is 0 Å². The summed E-state index contributed by atoms with van der Waals surface area (Å²) in [6.07, 6.45) is 22.2. The molecule has 2 saturated carbocycles. The maximum atomic E-state index is 2.92. The molecule has 2 unspecified atom stereocenters.